The summed E-state index contributed by atoms with van der Waals surface area (Å²) in [5, 5.41) is 2.49. The summed E-state index contributed by atoms with van der Waals surface area (Å²) in [4.78, 5) is 3.20. The summed E-state index contributed by atoms with van der Waals surface area (Å²) in [5.41, 5.74) is 23.5. The van der Waals surface area contributed by atoms with Gasteiger partial charge in [-0.1, -0.05) is 250 Å². The molecular weight excluding hydrogens is 1250 g/mol. The summed E-state index contributed by atoms with van der Waals surface area (Å²) < 4.78 is 5.78. The molecule has 83 heavy (non-hydrogen) atoms. The van der Waals surface area contributed by atoms with Gasteiger partial charge >= 0.3 is 0 Å². The summed E-state index contributed by atoms with van der Waals surface area (Å²) in [5.74, 6) is 0. The summed E-state index contributed by atoms with van der Waals surface area (Å²) in [6.45, 7) is 0. The molecule has 12 aromatic carbocycles. The minimum Gasteiger partial charge on any atom is -0.361 e. The lowest BCUT2D eigenvalue weighted by molar-refractivity contribution is 0.766. The number of hydrogen-bond acceptors (Lipinski definition) is 0. The lowest BCUT2D eigenvalue weighted by Gasteiger charge is -2.34. The minimum atomic E-state index is -0.434. The summed E-state index contributed by atoms with van der Waals surface area (Å²) in [6.07, 6.45) is 4.17. The van der Waals surface area contributed by atoms with Crippen molar-refractivity contribution in [2.75, 3.05) is 0 Å². The molecule has 0 spiro atoms. The second-order valence-corrected chi connectivity index (χ2v) is 24.3. The molecular formula is C78H53Br2IN2. The monoisotopic (exact) mass is 1300 g/mol. The second kappa shape index (κ2) is 22.3. The molecule has 0 bridgehead atoms. The molecule has 0 radical (unpaired) electrons. The van der Waals surface area contributed by atoms with Crippen LogP contribution in [0.5, 0.6) is 0 Å². The maximum Gasteiger partial charge on any atom is 0.0714 e. The molecule has 2 aliphatic rings. The van der Waals surface area contributed by atoms with Gasteiger partial charge < -0.3 is 9.55 Å². The first-order chi connectivity index (χ1) is 40.9. The van der Waals surface area contributed by atoms with Crippen molar-refractivity contribution in [3.05, 3.63) is 373 Å². The highest BCUT2D eigenvalue weighted by molar-refractivity contribution is 14.1. The first-order valence-electron chi connectivity index (χ1n) is 27.9. The van der Waals surface area contributed by atoms with E-state index in [1.807, 2.05) is 12.3 Å². The first kappa shape index (κ1) is 52.5. The fraction of sp³-hybridized carbons (Fsp3) is 0.0256. The van der Waals surface area contributed by atoms with Gasteiger partial charge in [0.25, 0.3) is 0 Å². The van der Waals surface area contributed by atoms with Crippen LogP contribution < -0.4 is 0 Å². The zero-order valence-corrected chi connectivity index (χ0v) is 50.4. The number of fused-ring (bicyclic) bond motifs is 8. The Balaban J connectivity index is 0.000000125. The highest BCUT2D eigenvalue weighted by atomic mass is 127. The van der Waals surface area contributed by atoms with Crippen LogP contribution in [0.25, 0.3) is 72.0 Å². The average molecular weight is 1310 g/mol. The Hall–Kier alpha value is -8.59. The van der Waals surface area contributed by atoms with Gasteiger partial charge in [0.1, 0.15) is 0 Å². The van der Waals surface area contributed by atoms with E-state index in [4.69, 9.17) is 0 Å². The standard InChI is InChI=1S/C39H26BrN.C25H16BrI.C14H11N/c40-32-17-19-34-35-20-18-33(41-23-22-29-24-28(16-21-38(29)41)27-10-4-1-5-11-27)26-37(35)39(36(34)25-32,30-12-6-2-7-13-30)31-14-8-3-9-15-31;26-19-11-13-21-22-14-12-20(27)16-24(22)25(23(21)15-19,17-7-3-1-4-8-17)18-9-5-2-6-10-18;1-2-4-11(5-3-1)12-6-7-14-13(10-12)8-9-15-14/h1-26H;1-16H;1-10,15H. The molecule has 0 atom stereocenters. The highest BCUT2D eigenvalue weighted by Gasteiger charge is 2.48. The Bertz CT molecular complexity index is 4500. The lowest BCUT2D eigenvalue weighted by Crippen LogP contribution is -2.28. The maximum atomic E-state index is 3.80. The largest absolute Gasteiger partial charge is 0.361 e. The predicted octanol–water partition coefficient (Wildman–Crippen LogP) is 21.7. The minimum absolute atomic E-state index is 0.307. The molecule has 0 saturated carbocycles. The van der Waals surface area contributed by atoms with E-state index in [2.05, 4.69) is 367 Å². The summed E-state index contributed by atoms with van der Waals surface area (Å²) in [7, 11) is 0. The van der Waals surface area contributed by atoms with Crippen LogP contribution in [0.1, 0.15) is 44.5 Å². The third-order valence-corrected chi connectivity index (χ3v) is 18.4. The molecule has 0 fully saturated rings. The van der Waals surface area contributed by atoms with E-state index in [1.54, 1.807) is 0 Å². The van der Waals surface area contributed by atoms with Gasteiger partial charge in [0.15, 0.2) is 0 Å². The molecule has 14 aromatic rings. The molecule has 0 saturated heterocycles. The van der Waals surface area contributed by atoms with E-state index < -0.39 is 5.41 Å². The van der Waals surface area contributed by atoms with Crippen LogP contribution >= 0.6 is 54.5 Å². The van der Waals surface area contributed by atoms with Crippen molar-refractivity contribution < 1.29 is 0 Å². The molecule has 2 aromatic heterocycles. The van der Waals surface area contributed by atoms with Crippen molar-refractivity contribution in [2.45, 2.75) is 10.8 Å². The topological polar surface area (TPSA) is 20.7 Å². The van der Waals surface area contributed by atoms with Crippen molar-refractivity contribution in [2.24, 2.45) is 0 Å². The number of nitrogens with one attached hydrogen (secondary N) is 1. The fourth-order valence-electron chi connectivity index (χ4n) is 13.1. The number of H-pyrrole nitrogens is 1. The Morgan fingerprint density at radius 2 is 0.735 bits per heavy atom. The number of aromatic amines is 1. The molecule has 2 heterocycles. The smallest absolute Gasteiger partial charge is 0.0714 e. The van der Waals surface area contributed by atoms with E-state index in [-0.39, 0.29) is 5.41 Å². The Kier molecular flexibility index (Phi) is 14.1. The number of nitrogens with zero attached hydrogens (tertiary/aromatic N) is 1. The molecule has 0 unspecified atom stereocenters. The van der Waals surface area contributed by atoms with Crippen LogP contribution in [0.3, 0.4) is 0 Å². The maximum absolute atomic E-state index is 3.80. The van der Waals surface area contributed by atoms with Crippen LogP contribution in [-0.4, -0.2) is 9.55 Å². The van der Waals surface area contributed by atoms with E-state index in [9.17, 15) is 0 Å². The molecule has 2 aliphatic carbocycles. The Morgan fingerprint density at radius 1 is 0.325 bits per heavy atom. The van der Waals surface area contributed by atoms with Crippen LogP contribution in [0.4, 0.5) is 0 Å². The van der Waals surface area contributed by atoms with E-state index in [1.165, 1.54) is 114 Å². The normalized spacial score (nSPS) is 13.0. The van der Waals surface area contributed by atoms with Gasteiger partial charge in [0, 0.05) is 41.5 Å². The molecule has 5 heteroatoms. The van der Waals surface area contributed by atoms with Gasteiger partial charge in [-0.15, -0.1) is 0 Å². The van der Waals surface area contributed by atoms with E-state index in [0.717, 1.165) is 14.6 Å². The van der Waals surface area contributed by atoms with Gasteiger partial charge in [-0.3, -0.25) is 0 Å². The lowest BCUT2D eigenvalue weighted by atomic mass is 9.67. The summed E-state index contributed by atoms with van der Waals surface area (Å²) in [6, 6.07) is 110. The number of rotatable bonds is 7. The Labute approximate surface area is 515 Å². The molecule has 396 valence electrons. The van der Waals surface area contributed by atoms with Gasteiger partial charge in [-0.2, -0.15) is 0 Å². The number of hydrogen-bond donors (Lipinski definition) is 1. The number of aromatic nitrogens is 2. The Morgan fingerprint density at radius 3 is 1.23 bits per heavy atom. The fourth-order valence-corrected chi connectivity index (χ4v) is 14.3. The van der Waals surface area contributed by atoms with Crippen LogP contribution in [0.15, 0.2) is 325 Å². The molecule has 16 rings (SSSR count). The van der Waals surface area contributed by atoms with E-state index in [0.29, 0.717) is 0 Å². The van der Waals surface area contributed by atoms with Crippen molar-refractivity contribution in [1.82, 2.24) is 9.55 Å². The van der Waals surface area contributed by atoms with Gasteiger partial charge in [-0.05, 0) is 202 Å². The zero-order chi connectivity index (χ0) is 55.9. The van der Waals surface area contributed by atoms with Crippen LogP contribution in [0.2, 0.25) is 0 Å². The second-order valence-electron chi connectivity index (χ2n) is 21.2. The number of benzene rings is 12. The van der Waals surface area contributed by atoms with Crippen molar-refractivity contribution in [1.29, 1.82) is 0 Å². The third kappa shape index (κ3) is 9.32. The van der Waals surface area contributed by atoms with Crippen molar-refractivity contribution in [3.63, 3.8) is 0 Å². The van der Waals surface area contributed by atoms with Crippen molar-refractivity contribution in [3.8, 4) is 50.2 Å². The van der Waals surface area contributed by atoms with Gasteiger partial charge in [0.2, 0.25) is 0 Å². The molecule has 2 nitrogen and oxygen atoms in total. The van der Waals surface area contributed by atoms with Gasteiger partial charge in [-0.25, -0.2) is 0 Å². The molecule has 0 aliphatic heterocycles. The predicted molar refractivity (Wildman–Crippen MR) is 362 cm³/mol. The zero-order valence-electron chi connectivity index (χ0n) is 45.1. The van der Waals surface area contributed by atoms with Crippen LogP contribution in [0, 0.1) is 3.57 Å². The van der Waals surface area contributed by atoms with Crippen LogP contribution in [-0.2, 0) is 10.8 Å². The molecule has 0 amide bonds. The number of halogens is 3. The SMILES string of the molecule is Brc1ccc2c(c1)C(c1ccccc1)(c1ccccc1)c1cc(-n3ccc4cc(-c5ccccc5)ccc43)ccc1-2.Brc1ccc2c(c1)C(c1ccccc1)(c1ccccc1)c1cc(I)ccc1-2.c1ccc(-c2ccc3[nH]ccc3c2)cc1. The average Bonchev–Trinajstić information content (AvgIpc) is 1.75. The van der Waals surface area contributed by atoms with Crippen molar-refractivity contribution >= 4 is 76.3 Å². The quantitative estimate of drug-likeness (QED) is 0.154. The highest BCUT2D eigenvalue weighted by Crippen LogP contribution is 2.58. The molecule has 1 N–H and O–H groups in total. The van der Waals surface area contributed by atoms with Gasteiger partial charge in [0.05, 0.1) is 16.3 Å². The summed E-state index contributed by atoms with van der Waals surface area (Å²) >= 11 is 9.94. The first-order valence-corrected chi connectivity index (χ1v) is 30.6. The third-order valence-electron chi connectivity index (χ3n) is 16.7. The van der Waals surface area contributed by atoms with E-state index >= 15 is 0 Å².